The molecular formula is C11H16N2O3S. The molecule has 5 nitrogen and oxygen atoms in total. The summed E-state index contributed by atoms with van der Waals surface area (Å²) in [4.78, 5) is 10.0. The number of aliphatic hydroxyl groups is 1. The molecule has 1 rings (SSSR count). The fraction of sp³-hybridized carbons (Fsp3) is 0.455. The van der Waals surface area contributed by atoms with Crippen LogP contribution in [0.2, 0.25) is 0 Å². The van der Waals surface area contributed by atoms with Gasteiger partial charge in [-0.2, -0.15) is 11.8 Å². The lowest BCUT2D eigenvalue weighted by Gasteiger charge is -2.23. The lowest BCUT2D eigenvalue weighted by molar-refractivity contribution is -0.384. The standard InChI is InChI=1S/C11H16N2O3S/c1-11(14,8-17-2)7-12-9-3-5-10(6-4-9)13(15)16/h3-6,12,14H,7-8H2,1-2H3/t11-/m0/s1. The SMILES string of the molecule is CSC[C@@](C)(O)CNc1ccc([N+](=O)[O-])cc1. The molecule has 1 aromatic rings. The van der Waals surface area contributed by atoms with Gasteiger partial charge in [0, 0.05) is 30.1 Å². The van der Waals surface area contributed by atoms with Crippen LogP contribution in [0.1, 0.15) is 6.92 Å². The summed E-state index contributed by atoms with van der Waals surface area (Å²) >= 11 is 1.57. The predicted octanol–water partition coefficient (Wildman–Crippen LogP) is 2.12. The molecule has 0 aliphatic heterocycles. The van der Waals surface area contributed by atoms with Crippen molar-refractivity contribution in [2.45, 2.75) is 12.5 Å². The van der Waals surface area contributed by atoms with Gasteiger partial charge in [-0.05, 0) is 25.3 Å². The minimum absolute atomic E-state index is 0.0615. The monoisotopic (exact) mass is 256 g/mol. The van der Waals surface area contributed by atoms with Crippen molar-refractivity contribution in [2.24, 2.45) is 0 Å². The van der Waals surface area contributed by atoms with E-state index in [-0.39, 0.29) is 5.69 Å². The van der Waals surface area contributed by atoms with Gasteiger partial charge in [0.25, 0.3) is 5.69 Å². The first kappa shape index (κ1) is 13.8. The van der Waals surface area contributed by atoms with Crippen molar-refractivity contribution in [3.05, 3.63) is 34.4 Å². The maximum absolute atomic E-state index is 10.5. The van der Waals surface area contributed by atoms with Gasteiger partial charge in [-0.25, -0.2) is 0 Å². The molecule has 1 atom stereocenters. The van der Waals surface area contributed by atoms with Crippen molar-refractivity contribution in [1.29, 1.82) is 0 Å². The highest BCUT2D eigenvalue weighted by atomic mass is 32.2. The minimum atomic E-state index is -0.790. The van der Waals surface area contributed by atoms with E-state index in [1.54, 1.807) is 30.8 Å². The average molecular weight is 256 g/mol. The lowest BCUT2D eigenvalue weighted by Crippen LogP contribution is -2.36. The molecule has 0 fully saturated rings. The third kappa shape index (κ3) is 4.62. The topological polar surface area (TPSA) is 75.4 Å². The summed E-state index contributed by atoms with van der Waals surface area (Å²) in [5.74, 6) is 0.632. The Balaban J connectivity index is 2.55. The molecule has 0 radical (unpaired) electrons. The van der Waals surface area contributed by atoms with Crippen molar-refractivity contribution in [1.82, 2.24) is 0 Å². The molecule has 1 aromatic carbocycles. The first-order valence-electron chi connectivity index (χ1n) is 5.14. The zero-order valence-corrected chi connectivity index (χ0v) is 10.7. The highest BCUT2D eigenvalue weighted by molar-refractivity contribution is 7.98. The van der Waals surface area contributed by atoms with Crippen LogP contribution < -0.4 is 5.32 Å². The number of nitro benzene ring substituents is 1. The summed E-state index contributed by atoms with van der Waals surface area (Å²) in [7, 11) is 0. The Labute approximate surface area is 104 Å². The molecule has 0 aliphatic carbocycles. The highest BCUT2D eigenvalue weighted by Gasteiger charge is 2.19. The molecule has 0 saturated heterocycles. The molecule has 2 N–H and O–H groups in total. The summed E-state index contributed by atoms with van der Waals surface area (Å²) in [6.07, 6.45) is 1.93. The normalized spacial score (nSPS) is 14.1. The van der Waals surface area contributed by atoms with Crippen LogP contribution in [0.15, 0.2) is 24.3 Å². The van der Waals surface area contributed by atoms with Crippen LogP contribution in [0.25, 0.3) is 0 Å². The molecule has 0 aliphatic rings. The second kappa shape index (κ2) is 5.88. The van der Waals surface area contributed by atoms with Crippen LogP contribution in [-0.4, -0.2) is 34.2 Å². The van der Waals surface area contributed by atoms with Gasteiger partial charge in [-0.15, -0.1) is 0 Å². The van der Waals surface area contributed by atoms with E-state index in [1.165, 1.54) is 12.1 Å². The summed E-state index contributed by atoms with van der Waals surface area (Å²) in [6, 6.07) is 6.14. The third-order valence-electron chi connectivity index (χ3n) is 2.21. The molecule has 0 aromatic heterocycles. The van der Waals surface area contributed by atoms with Gasteiger partial charge >= 0.3 is 0 Å². The number of rotatable bonds is 6. The molecule has 0 spiro atoms. The maximum atomic E-state index is 10.5. The van der Waals surface area contributed by atoms with Gasteiger partial charge in [0.1, 0.15) is 0 Å². The predicted molar refractivity (Wildman–Crippen MR) is 70.6 cm³/mol. The number of non-ortho nitro benzene ring substituents is 1. The molecule has 17 heavy (non-hydrogen) atoms. The van der Waals surface area contributed by atoms with Crippen molar-refractivity contribution >= 4 is 23.1 Å². The number of thioether (sulfide) groups is 1. The largest absolute Gasteiger partial charge is 0.387 e. The van der Waals surface area contributed by atoms with Crippen LogP contribution in [-0.2, 0) is 0 Å². The number of anilines is 1. The average Bonchev–Trinajstić information content (AvgIpc) is 2.27. The van der Waals surface area contributed by atoms with E-state index in [1.807, 2.05) is 6.26 Å². The molecule has 94 valence electrons. The van der Waals surface area contributed by atoms with E-state index in [0.29, 0.717) is 12.3 Å². The fourth-order valence-electron chi connectivity index (χ4n) is 1.36. The molecular weight excluding hydrogens is 240 g/mol. The molecule has 0 bridgehead atoms. The third-order valence-corrected chi connectivity index (χ3v) is 3.12. The van der Waals surface area contributed by atoms with E-state index >= 15 is 0 Å². The Morgan fingerprint density at radius 1 is 1.47 bits per heavy atom. The van der Waals surface area contributed by atoms with E-state index in [2.05, 4.69) is 5.32 Å². The summed E-state index contributed by atoms with van der Waals surface area (Å²) in [5, 5.41) is 23.4. The molecule has 0 amide bonds. The van der Waals surface area contributed by atoms with Crippen molar-refractivity contribution in [3.63, 3.8) is 0 Å². The van der Waals surface area contributed by atoms with Gasteiger partial charge < -0.3 is 10.4 Å². The summed E-state index contributed by atoms with van der Waals surface area (Å²) in [5.41, 5.74) is 0.0321. The first-order valence-corrected chi connectivity index (χ1v) is 6.54. The minimum Gasteiger partial charge on any atom is -0.387 e. The lowest BCUT2D eigenvalue weighted by atomic mass is 10.1. The number of benzene rings is 1. The quantitative estimate of drug-likeness (QED) is 0.602. The second-order valence-corrected chi connectivity index (χ2v) is 4.95. The van der Waals surface area contributed by atoms with E-state index < -0.39 is 10.5 Å². The zero-order valence-electron chi connectivity index (χ0n) is 9.84. The van der Waals surface area contributed by atoms with Crippen molar-refractivity contribution < 1.29 is 10.0 Å². The van der Waals surface area contributed by atoms with Crippen LogP contribution in [0.3, 0.4) is 0 Å². The number of nitro groups is 1. The molecule has 0 unspecified atom stereocenters. The summed E-state index contributed by atoms with van der Waals surface area (Å²) in [6.45, 7) is 2.16. The van der Waals surface area contributed by atoms with Crippen molar-refractivity contribution in [3.8, 4) is 0 Å². The molecule has 6 heteroatoms. The Bertz CT molecular complexity index is 379. The Hall–Kier alpha value is -1.27. The number of nitrogens with zero attached hydrogens (tertiary/aromatic N) is 1. The molecule has 0 saturated carbocycles. The maximum Gasteiger partial charge on any atom is 0.269 e. The van der Waals surface area contributed by atoms with E-state index in [9.17, 15) is 15.2 Å². The summed E-state index contributed by atoms with van der Waals surface area (Å²) < 4.78 is 0. The van der Waals surface area contributed by atoms with E-state index in [0.717, 1.165) is 5.69 Å². The smallest absolute Gasteiger partial charge is 0.269 e. The van der Waals surface area contributed by atoms with Gasteiger partial charge in [0.05, 0.1) is 10.5 Å². The Morgan fingerprint density at radius 3 is 2.53 bits per heavy atom. The number of nitrogens with one attached hydrogen (secondary N) is 1. The van der Waals surface area contributed by atoms with Crippen LogP contribution in [0, 0.1) is 10.1 Å². The first-order chi connectivity index (χ1) is 7.94. The Morgan fingerprint density at radius 2 is 2.06 bits per heavy atom. The number of hydrogen-bond acceptors (Lipinski definition) is 5. The van der Waals surface area contributed by atoms with Crippen LogP contribution >= 0.6 is 11.8 Å². The van der Waals surface area contributed by atoms with Gasteiger partial charge in [-0.1, -0.05) is 0 Å². The van der Waals surface area contributed by atoms with Crippen LogP contribution in [0.5, 0.6) is 0 Å². The van der Waals surface area contributed by atoms with Gasteiger partial charge in [-0.3, -0.25) is 10.1 Å². The second-order valence-electron chi connectivity index (χ2n) is 4.09. The highest BCUT2D eigenvalue weighted by Crippen LogP contribution is 2.17. The van der Waals surface area contributed by atoms with Gasteiger partial charge in [0.15, 0.2) is 0 Å². The Kier molecular flexibility index (Phi) is 4.77. The molecule has 0 heterocycles. The zero-order chi connectivity index (χ0) is 12.9. The van der Waals surface area contributed by atoms with Crippen LogP contribution in [0.4, 0.5) is 11.4 Å². The van der Waals surface area contributed by atoms with Crippen molar-refractivity contribution in [2.75, 3.05) is 23.9 Å². The number of hydrogen-bond donors (Lipinski definition) is 2. The van der Waals surface area contributed by atoms with Gasteiger partial charge in [0.2, 0.25) is 0 Å². The van der Waals surface area contributed by atoms with E-state index in [4.69, 9.17) is 0 Å². The fourth-order valence-corrected chi connectivity index (χ4v) is 2.08.